The third-order valence-electron chi connectivity index (χ3n) is 3.13. The number of halogens is 3. The summed E-state index contributed by atoms with van der Waals surface area (Å²) in [6, 6.07) is 10.4. The molecule has 130 valence electrons. The van der Waals surface area contributed by atoms with Crippen molar-refractivity contribution < 1.29 is 23.1 Å². The minimum Gasteiger partial charge on any atom is -0.449 e. The first-order chi connectivity index (χ1) is 11.9. The molecule has 4 nitrogen and oxygen atoms in total. The number of para-hydroxylation sites is 1. The molecular formula is C18H14BrF2NO3. The number of rotatable bonds is 5. The van der Waals surface area contributed by atoms with Crippen LogP contribution in [0.25, 0.3) is 6.08 Å². The van der Waals surface area contributed by atoms with E-state index in [2.05, 4.69) is 21.2 Å². The van der Waals surface area contributed by atoms with Gasteiger partial charge >= 0.3 is 5.97 Å². The second-order valence-corrected chi connectivity index (χ2v) is 5.97. The number of esters is 1. The van der Waals surface area contributed by atoms with Crippen LogP contribution in [0.15, 0.2) is 53.0 Å². The van der Waals surface area contributed by atoms with E-state index < -0.39 is 35.3 Å². The highest BCUT2D eigenvalue weighted by Crippen LogP contribution is 2.18. The fourth-order valence-corrected chi connectivity index (χ4v) is 2.30. The number of nitrogens with one attached hydrogen (secondary N) is 1. The van der Waals surface area contributed by atoms with Gasteiger partial charge in [0.2, 0.25) is 0 Å². The average Bonchev–Trinajstić information content (AvgIpc) is 2.56. The zero-order valence-corrected chi connectivity index (χ0v) is 14.7. The Labute approximate surface area is 151 Å². The molecule has 0 saturated carbocycles. The molecule has 0 saturated heterocycles. The van der Waals surface area contributed by atoms with E-state index in [0.29, 0.717) is 0 Å². The number of anilines is 1. The van der Waals surface area contributed by atoms with E-state index in [-0.39, 0.29) is 0 Å². The van der Waals surface area contributed by atoms with Crippen molar-refractivity contribution in [3.63, 3.8) is 0 Å². The minimum absolute atomic E-state index is 0.583. The van der Waals surface area contributed by atoms with E-state index in [9.17, 15) is 18.4 Å². The van der Waals surface area contributed by atoms with Gasteiger partial charge in [-0.25, -0.2) is 13.6 Å². The summed E-state index contributed by atoms with van der Waals surface area (Å²) in [6.45, 7) is 1.30. The second kappa shape index (κ2) is 8.53. The first-order valence-corrected chi connectivity index (χ1v) is 8.05. The Bertz CT molecular complexity index is 803. The summed E-state index contributed by atoms with van der Waals surface area (Å²) < 4.78 is 32.8. The van der Waals surface area contributed by atoms with Gasteiger partial charge in [0.15, 0.2) is 6.10 Å². The van der Waals surface area contributed by atoms with E-state index in [1.807, 2.05) is 6.07 Å². The smallest absolute Gasteiger partial charge is 0.331 e. The van der Waals surface area contributed by atoms with Crippen molar-refractivity contribution in [2.24, 2.45) is 0 Å². The highest BCUT2D eigenvalue weighted by atomic mass is 79.9. The molecule has 1 N–H and O–H groups in total. The van der Waals surface area contributed by atoms with Crippen molar-refractivity contribution in [1.29, 1.82) is 0 Å². The quantitative estimate of drug-likeness (QED) is 0.591. The van der Waals surface area contributed by atoms with Crippen molar-refractivity contribution in [3.8, 4) is 0 Å². The van der Waals surface area contributed by atoms with Gasteiger partial charge in [-0.2, -0.15) is 0 Å². The summed E-state index contributed by atoms with van der Waals surface area (Å²) in [5.74, 6) is -3.42. The van der Waals surface area contributed by atoms with Crippen LogP contribution in [0.3, 0.4) is 0 Å². The molecular weight excluding hydrogens is 396 g/mol. The fraction of sp³-hybridized carbons (Fsp3) is 0.111. The van der Waals surface area contributed by atoms with E-state index >= 15 is 0 Å². The normalized spacial score (nSPS) is 12.0. The molecule has 0 aromatic heterocycles. The van der Waals surface area contributed by atoms with E-state index in [1.54, 1.807) is 18.2 Å². The Balaban J connectivity index is 1.95. The van der Waals surface area contributed by atoms with Crippen LogP contribution in [0.2, 0.25) is 0 Å². The Morgan fingerprint density at radius 1 is 1.16 bits per heavy atom. The zero-order valence-electron chi connectivity index (χ0n) is 13.1. The Kier molecular flexibility index (Phi) is 6.41. The number of amides is 1. The molecule has 2 aromatic rings. The van der Waals surface area contributed by atoms with E-state index in [0.717, 1.165) is 28.2 Å². The highest BCUT2D eigenvalue weighted by molar-refractivity contribution is 9.10. The molecule has 2 rings (SSSR count). The summed E-state index contributed by atoms with van der Waals surface area (Å²) in [7, 11) is 0. The van der Waals surface area contributed by atoms with Gasteiger partial charge in [0.1, 0.15) is 17.3 Å². The Morgan fingerprint density at radius 3 is 2.44 bits per heavy atom. The third-order valence-corrected chi connectivity index (χ3v) is 3.63. The Hall–Kier alpha value is -2.54. The molecule has 2 aromatic carbocycles. The molecule has 1 unspecified atom stereocenters. The molecule has 1 amide bonds. The lowest BCUT2D eigenvalue weighted by Gasteiger charge is -2.13. The fourth-order valence-electron chi connectivity index (χ4n) is 1.88. The summed E-state index contributed by atoms with van der Waals surface area (Å²) >= 11 is 3.31. The number of carbonyl (C=O) groups is 2. The molecule has 0 radical (unpaired) electrons. The van der Waals surface area contributed by atoms with Gasteiger partial charge in [-0.3, -0.25) is 4.79 Å². The zero-order chi connectivity index (χ0) is 18.4. The van der Waals surface area contributed by atoms with Gasteiger partial charge in [-0.15, -0.1) is 0 Å². The first-order valence-electron chi connectivity index (χ1n) is 7.26. The molecule has 0 spiro atoms. The maximum absolute atomic E-state index is 13.5. The SMILES string of the molecule is CC(OC(=O)/C=C/c1cccc(Br)c1)C(=O)Nc1c(F)cccc1F. The van der Waals surface area contributed by atoms with Crippen molar-refractivity contribution in [2.45, 2.75) is 13.0 Å². The number of carbonyl (C=O) groups excluding carboxylic acids is 2. The van der Waals surface area contributed by atoms with Crippen LogP contribution in [-0.4, -0.2) is 18.0 Å². The number of hydrogen-bond donors (Lipinski definition) is 1. The third kappa shape index (κ3) is 5.49. The number of hydrogen-bond acceptors (Lipinski definition) is 3. The molecule has 0 heterocycles. The molecule has 0 aliphatic rings. The van der Waals surface area contributed by atoms with Crippen LogP contribution >= 0.6 is 15.9 Å². The average molecular weight is 410 g/mol. The summed E-state index contributed by atoms with van der Waals surface area (Å²) in [5, 5.41) is 2.07. The first kappa shape index (κ1) is 18.8. The van der Waals surface area contributed by atoms with Gasteiger partial charge in [-0.1, -0.05) is 34.1 Å². The van der Waals surface area contributed by atoms with Gasteiger partial charge in [-0.05, 0) is 42.8 Å². The Morgan fingerprint density at radius 2 is 1.80 bits per heavy atom. The maximum Gasteiger partial charge on any atom is 0.331 e. The topological polar surface area (TPSA) is 55.4 Å². The molecule has 1 atom stereocenters. The highest BCUT2D eigenvalue weighted by Gasteiger charge is 2.19. The van der Waals surface area contributed by atoms with Crippen LogP contribution < -0.4 is 5.32 Å². The van der Waals surface area contributed by atoms with Crippen LogP contribution in [-0.2, 0) is 14.3 Å². The van der Waals surface area contributed by atoms with Gasteiger partial charge in [0, 0.05) is 10.5 Å². The van der Waals surface area contributed by atoms with Crippen LogP contribution in [0, 0.1) is 11.6 Å². The van der Waals surface area contributed by atoms with Crippen molar-refractivity contribution in [1.82, 2.24) is 0 Å². The number of ether oxygens (including phenoxy) is 1. The van der Waals surface area contributed by atoms with Crippen molar-refractivity contribution >= 4 is 39.6 Å². The van der Waals surface area contributed by atoms with E-state index in [4.69, 9.17) is 4.74 Å². The molecule has 0 aliphatic heterocycles. The lowest BCUT2D eigenvalue weighted by Crippen LogP contribution is -2.30. The number of benzene rings is 2. The van der Waals surface area contributed by atoms with Crippen LogP contribution in [0.1, 0.15) is 12.5 Å². The van der Waals surface area contributed by atoms with Crippen LogP contribution in [0.5, 0.6) is 0 Å². The minimum atomic E-state index is -1.22. The summed E-state index contributed by atoms with van der Waals surface area (Å²) in [6.07, 6.45) is 1.46. The second-order valence-electron chi connectivity index (χ2n) is 5.05. The standard InChI is InChI=1S/C18H14BrF2NO3/c1-11(18(24)22-17-14(20)6-3-7-15(17)21)25-16(23)9-8-12-4-2-5-13(19)10-12/h2-11H,1H3,(H,22,24)/b9-8+. The molecule has 0 aliphatic carbocycles. The lowest BCUT2D eigenvalue weighted by molar-refractivity contribution is -0.148. The predicted molar refractivity (Wildman–Crippen MR) is 93.7 cm³/mol. The molecule has 25 heavy (non-hydrogen) atoms. The lowest BCUT2D eigenvalue weighted by atomic mass is 10.2. The van der Waals surface area contributed by atoms with Gasteiger partial charge in [0.25, 0.3) is 5.91 Å². The van der Waals surface area contributed by atoms with Gasteiger partial charge in [0.05, 0.1) is 0 Å². The molecule has 7 heteroatoms. The van der Waals surface area contributed by atoms with Crippen molar-refractivity contribution in [2.75, 3.05) is 5.32 Å². The van der Waals surface area contributed by atoms with Crippen LogP contribution in [0.4, 0.5) is 14.5 Å². The van der Waals surface area contributed by atoms with E-state index in [1.165, 1.54) is 19.1 Å². The summed E-state index contributed by atoms with van der Waals surface area (Å²) in [4.78, 5) is 23.7. The van der Waals surface area contributed by atoms with Gasteiger partial charge < -0.3 is 10.1 Å². The maximum atomic E-state index is 13.5. The summed E-state index contributed by atoms with van der Waals surface area (Å²) in [5.41, 5.74) is 0.178. The largest absolute Gasteiger partial charge is 0.449 e. The monoisotopic (exact) mass is 409 g/mol. The molecule has 0 bridgehead atoms. The molecule has 0 fully saturated rings. The van der Waals surface area contributed by atoms with Crippen molar-refractivity contribution in [3.05, 3.63) is 70.2 Å². The predicted octanol–water partition coefficient (Wildman–Crippen LogP) is 4.31.